The van der Waals surface area contributed by atoms with Gasteiger partial charge in [-0.3, -0.25) is 4.90 Å². The van der Waals surface area contributed by atoms with Gasteiger partial charge in [0.1, 0.15) is 18.0 Å². The Kier molecular flexibility index (Phi) is 4.12. The Labute approximate surface area is 136 Å². The van der Waals surface area contributed by atoms with Crippen molar-refractivity contribution in [3.05, 3.63) is 47.8 Å². The van der Waals surface area contributed by atoms with Gasteiger partial charge < -0.3 is 4.57 Å². The molecule has 0 bridgehead atoms. The van der Waals surface area contributed by atoms with E-state index in [1.165, 1.54) is 25.7 Å². The molecule has 2 fully saturated rings. The second kappa shape index (κ2) is 6.40. The van der Waals surface area contributed by atoms with Crippen molar-refractivity contribution in [3.63, 3.8) is 0 Å². The Morgan fingerprint density at radius 3 is 2.70 bits per heavy atom. The van der Waals surface area contributed by atoms with Crippen molar-refractivity contribution in [1.29, 1.82) is 0 Å². The number of aromatic nitrogens is 3. The predicted octanol–water partition coefficient (Wildman–Crippen LogP) is 3.55. The lowest BCUT2D eigenvalue weighted by molar-refractivity contribution is 0.130. The molecule has 1 aliphatic carbocycles. The summed E-state index contributed by atoms with van der Waals surface area (Å²) in [7, 11) is 0. The third kappa shape index (κ3) is 3.44. The van der Waals surface area contributed by atoms with Crippen LogP contribution in [-0.2, 0) is 13.1 Å². The summed E-state index contributed by atoms with van der Waals surface area (Å²) in [5, 5.41) is 8.61. The van der Waals surface area contributed by atoms with Gasteiger partial charge >= 0.3 is 0 Å². The Bertz CT molecular complexity index is 647. The first-order valence-electron chi connectivity index (χ1n) is 8.66. The van der Waals surface area contributed by atoms with E-state index in [1.54, 1.807) is 12.1 Å². The van der Waals surface area contributed by atoms with Crippen molar-refractivity contribution >= 4 is 0 Å². The van der Waals surface area contributed by atoms with E-state index in [2.05, 4.69) is 19.7 Å². The Morgan fingerprint density at radius 1 is 1.09 bits per heavy atom. The Balaban J connectivity index is 1.53. The molecule has 2 aliphatic rings. The molecule has 2 aromatic rings. The summed E-state index contributed by atoms with van der Waals surface area (Å²) in [4.78, 5) is 2.48. The third-order valence-electron chi connectivity index (χ3n) is 5.01. The van der Waals surface area contributed by atoms with Gasteiger partial charge in [-0.1, -0.05) is 18.6 Å². The molecular weight excluding hydrogens is 291 g/mol. The second-order valence-electron chi connectivity index (χ2n) is 6.89. The van der Waals surface area contributed by atoms with Gasteiger partial charge in [0.05, 0.1) is 6.04 Å². The van der Waals surface area contributed by atoms with E-state index in [9.17, 15) is 4.39 Å². The summed E-state index contributed by atoms with van der Waals surface area (Å²) in [6, 6.07) is 7.19. The zero-order chi connectivity index (χ0) is 15.6. The second-order valence-corrected chi connectivity index (χ2v) is 6.89. The summed E-state index contributed by atoms with van der Waals surface area (Å²) in [6.45, 7) is 2.97. The molecule has 4 nitrogen and oxygen atoms in total. The molecule has 0 amide bonds. The molecule has 1 saturated carbocycles. The highest BCUT2D eigenvalue weighted by molar-refractivity contribution is 5.16. The van der Waals surface area contributed by atoms with Gasteiger partial charge in [-0.05, 0) is 55.8 Å². The lowest BCUT2D eigenvalue weighted by Crippen LogP contribution is -2.34. The van der Waals surface area contributed by atoms with Gasteiger partial charge in [0.15, 0.2) is 0 Å². The van der Waals surface area contributed by atoms with Crippen LogP contribution in [0.1, 0.15) is 49.5 Å². The SMILES string of the molecule is Fc1ccc(CN2CCCCC2c2nncn2CC2CC2)cc1. The fraction of sp³-hybridized carbons (Fsp3) is 0.556. The molecule has 1 aromatic heterocycles. The Hall–Kier alpha value is -1.75. The molecular formula is C18H23FN4. The maximum absolute atomic E-state index is 13.1. The number of piperidine rings is 1. The first-order chi connectivity index (χ1) is 11.3. The minimum absolute atomic E-state index is 0.173. The number of benzene rings is 1. The van der Waals surface area contributed by atoms with Crippen molar-refractivity contribution < 1.29 is 4.39 Å². The maximum Gasteiger partial charge on any atom is 0.150 e. The molecule has 4 rings (SSSR count). The lowest BCUT2D eigenvalue weighted by atomic mass is 10.00. The van der Waals surface area contributed by atoms with E-state index < -0.39 is 0 Å². The zero-order valence-electron chi connectivity index (χ0n) is 13.4. The molecule has 0 spiro atoms. The molecule has 1 saturated heterocycles. The van der Waals surface area contributed by atoms with E-state index in [0.29, 0.717) is 6.04 Å². The fourth-order valence-electron chi connectivity index (χ4n) is 3.54. The molecule has 1 unspecified atom stereocenters. The number of halogens is 1. The summed E-state index contributed by atoms with van der Waals surface area (Å²) in [5.74, 6) is 1.76. The van der Waals surface area contributed by atoms with Crippen molar-refractivity contribution in [2.45, 2.75) is 51.2 Å². The van der Waals surface area contributed by atoms with Crippen LogP contribution in [-0.4, -0.2) is 26.2 Å². The summed E-state index contributed by atoms with van der Waals surface area (Å²) in [5.41, 5.74) is 1.16. The predicted molar refractivity (Wildman–Crippen MR) is 86.1 cm³/mol. The normalized spacial score (nSPS) is 22.4. The standard InChI is InChI=1S/C18H23FN4/c19-16-8-6-15(7-9-16)11-22-10-2-1-3-17(22)18-21-20-13-23(18)12-14-4-5-14/h6-9,13-14,17H,1-5,10-12H2. The molecule has 0 N–H and O–H groups in total. The molecule has 1 aliphatic heterocycles. The largest absolute Gasteiger partial charge is 0.316 e. The average Bonchev–Trinajstić information content (AvgIpc) is 3.26. The van der Waals surface area contributed by atoms with Crippen LogP contribution in [0.2, 0.25) is 0 Å². The van der Waals surface area contributed by atoms with Gasteiger partial charge in [0, 0.05) is 13.1 Å². The van der Waals surface area contributed by atoms with E-state index in [0.717, 1.165) is 43.4 Å². The van der Waals surface area contributed by atoms with Crippen LogP contribution in [0.3, 0.4) is 0 Å². The third-order valence-corrected chi connectivity index (χ3v) is 5.01. The molecule has 5 heteroatoms. The fourth-order valence-corrected chi connectivity index (χ4v) is 3.54. The molecule has 122 valence electrons. The van der Waals surface area contributed by atoms with Crippen LogP contribution in [0, 0.1) is 11.7 Å². The van der Waals surface area contributed by atoms with E-state index in [4.69, 9.17) is 0 Å². The first kappa shape index (κ1) is 14.8. The van der Waals surface area contributed by atoms with Gasteiger partial charge in [0.25, 0.3) is 0 Å². The summed E-state index contributed by atoms with van der Waals surface area (Å²) >= 11 is 0. The van der Waals surface area contributed by atoms with Crippen LogP contribution in [0.25, 0.3) is 0 Å². The summed E-state index contributed by atoms with van der Waals surface area (Å²) in [6.07, 6.45) is 8.14. The monoisotopic (exact) mass is 314 g/mol. The highest BCUT2D eigenvalue weighted by atomic mass is 19.1. The number of hydrogen-bond acceptors (Lipinski definition) is 3. The number of nitrogens with zero attached hydrogens (tertiary/aromatic N) is 4. The van der Waals surface area contributed by atoms with E-state index in [-0.39, 0.29) is 5.82 Å². The van der Waals surface area contributed by atoms with Crippen LogP contribution in [0.4, 0.5) is 4.39 Å². The van der Waals surface area contributed by atoms with Crippen LogP contribution in [0.15, 0.2) is 30.6 Å². The van der Waals surface area contributed by atoms with Gasteiger partial charge in [-0.15, -0.1) is 10.2 Å². The van der Waals surface area contributed by atoms with Gasteiger partial charge in [-0.25, -0.2) is 4.39 Å². The van der Waals surface area contributed by atoms with Gasteiger partial charge in [-0.2, -0.15) is 0 Å². The highest BCUT2D eigenvalue weighted by Gasteiger charge is 2.30. The van der Waals surface area contributed by atoms with Crippen LogP contribution in [0.5, 0.6) is 0 Å². The average molecular weight is 314 g/mol. The van der Waals surface area contributed by atoms with E-state index in [1.807, 2.05) is 18.5 Å². The van der Waals surface area contributed by atoms with Gasteiger partial charge in [0.2, 0.25) is 0 Å². The van der Waals surface area contributed by atoms with Crippen molar-refractivity contribution in [2.24, 2.45) is 5.92 Å². The maximum atomic E-state index is 13.1. The Morgan fingerprint density at radius 2 is 1.91 bits per heavy atom. The van der Waals surface area contributed by atoms with E-state index >= 15 is 0 Å². The van der Waals surface area contributed by atoms with Crippen molar-refractivity contribution in [1.82, 2.24) is 19.7 Å². The smallest absolute Gasteiger partial charge is 0.150 e. The molecule has 2 heterocycles. The zero-order valence-corrected chi connectivity index (χ0v) is 13.4. The minimum atomic E-state index is -0.173. The quantitative estimate of drug-likeness (QED) is 0.846. The minimum Gasteiger partial charge on any atom is -0.316 e. The highest BCUT2D eigenvalue weighted by Crippen LogP contribution is 2.34. The molecule has 1 atom stereocenters. The van der Waals surface area contributed by atoms with Crippen molar-refractivity contribution in [2.75, 3.05) is 6.54 Å². The topological polar surface area (TPSA) is 34.0 Å². The number of rotatable bonds is 5. The summed E-state index contributed by atoms with van der Waals surface area (Å²) < 4.78 is 15.4. The molecule has 1 aromatic carbocycles. The number of hydrogen-bond donors (Lipinski definition) is 0. The lowest BCUT2D eigenvalue weighted by Gasteiger charge is -2.35. The van der Waals surface area contributed by atoms with Crippen LogP contribution < -0.4 is 0 Å². The number of likely N-dealkylation sites (tertiary alicyclic amines) is 1. The molecule has 23 heavy (non-hydrogen) atoms. The first-order valence-corrected chi connectivity index (χ1v) is 8.66. The molecule has 0 radical (unpaired) electrons. The van der Waals surface area contributed by atoms with Crippen molar-refractivity contribution in [3.8, 4) is 0 Å². The van der Waals surface area contributed by atoms with Crippen LogP contribution >= 0.6 is 0 Å².